The maximum atomic E-state index is 13.0. The lowest BCUT2D eigenvalue weighted by Gasteiger charge is -2.17. The lowest BCUT2D eigenvalue weighted by molar-refractivity contribution is -0.115. The largest absolute Gasteiger partial charge is 0.346 e. The summed E-state index contributed by atoms with van der Waals surface area (Å²) in [5.41, 5.74) is 4.15. The minimum absolute atomic E-state index is 0.147. The average Bonchev–Trinajstić information content (AvgIpc) is 3.32. The zero-order valence-electron chi connectivity index (χ0n) is 15.5. The third-order valence-corrected chi connectivity index (χ3v) is 6.12. The molecule has 2 heterocycles. The van der Waals surface area contributed by atoms with Crippen molar-refractivity contribution in [2.45, 2.75) is 45.6 Å². The van der Waals surface area contributed by atoms with Gasteiger partial charge in [-0.1, -0.05) is 12.8 Å². The number of amidine groups is 1. The van der Waals surface area contributed by atoms with Crippen molar-refractivity contribution in [2.24, 2.45) is 4.99 Å². The minimum Gasteiger partial charge on any atom is -0.346 e. The summed E-state index contributed by atoms with van der Waals surface area (Å²) in [5.74, 6) is -0.452. The molecule has 1 aromatic carbocycles. The molecule has 0 bridgehead atoms. The van der Waals surface area contributed by atoms with Gasteiger partial charge in [-0.15, -0.1) is 0 Å². The van der Waals surface area contributed by atoms with Crippen LogP contribution < -0.4 is 5.32 Å². The molecule has 1 saturated heterocycles. The molecule has 0 spiro atoms. The molecule has 1 saturated carbocycles. The van der Waals surface area contributed by atoms with E-state index in [0.717, 1.165) is 5.56 Å². The number of benzene rings is 1. The lowest BCUT2D eigenvalue weighted by Crippen LogP contribution is -2.19. The second-order valence-corrected chi connectivity index (χ2v) is 8.12. The Morgan fingerprint density at radius 1 is 1.22 bits per heavy atom. The predicted octanol–water partition coefficient (Wildman–Crippen LogP) is 5.25. The Morgan fingerprint density at radius 3 is 2.63 bits per heavy atom. The fourth-order valence-electron chi connectivity index (χ4n) is 3.93. The molecule has 0 radical (unpaired) electrons. The Hall–Kier alpha value is -2.34. The number of hydrogen-bond acceptors (Lipinski definition) is 3. The van der Waals surface area contributed by atoms with E-state index in [1.54, 1.807) is 12.1 Å². The predicted molar refractivity (Wildman–Crippen MR) is 109 cm³/mol. The summed E-state index contributed by atoms with van der Waals surface area (Å²) in [6.45, 7) is 4.26. The number of carbonyl (C=O) groups is 1. The van der Waals surface area contributed by atoms with Gasteiger partial charge in [-0.05, 0) is 80.4 Å². The number of thioether (sulfide) groups is 1. The molecule has 1 aliphatic heterocycles. The molecule has 0 atom stereocenters. The van der Waals surface area contributed by atoms with E-state index in [1.807, 2.05) is 6.08 Å². The zero-order valence-corrected chi connectivity index (χ0v) is 16.3. The highest BCUT2D eigenvalue weighted by atomic mass is 32.2. The van der Waals surface area contributed by atoms with E-state index in [1.165, 1.54) is 61.0 Å². The van der Waals surface area contributed by atoms with Gasteiger partial charge in [0, 0.05) is 17.4 Å². The molecule has 4 nitrogen and oxygen atoms in total. The van der Waals surface area contributed by atoms with Crippen LogP contribution in [0.2, 0.25) is 0 Å². The Bertz CT molecular complexity index is 937. The molecular weight excluding hydrogens is 361 g/mol. The van der Waals surface area contributed by atoms with Crippen molar-refractivity contribution in [2.75, 3.05) is 0 Å². The highest BCUT2D eigenvalue weighted by Gasteiger charge is 2.25. The number of nitrogens with zero attached hydrogens (tertiary/aromatic N) is 2. The van der Waals surface area contributed by atoms with Crippen LogP contribution in [-0.2, 0) is 4.79 Å². The third kappa shape index (κ3) is 3.72. The highest BCUT2D eigenvalue weighted by molar-refractivity contribution is 8.18. The molecule has 6 heteroatoms. The lowest BCUT2D eigenvalue weighted by atomic mass is 10.2. The first-order chi connectivity index (χ1) is 13.0. The van der Waals surface area contributed by atoms with Crippen LogP contribution in [-0.4, -0.2) is 15.6 Å². The molecule has 140 valence electrons. The molecule has 4 rings (SSSR count). The zero-order chi connectivity index (χ0) is 19.0. The molecule has 27 heavy (non-hydrogen) atoms. The molecule has 1 amide bonds. The number of aromatic nitrogens is 1. The smallest absolute Gasteiger partial charge is 0.264 e. The number of hydrogen-bond donors (Lipinski definition) is 1. The van der Waals surface area contributed by atoms with Gasteiger partial charge < -0.3 is 9.88 Å². The van der Waals surface area contributed by atoms with Gasteiger partial charge in [0.15, 0.2) is 5.17 Å². The molecule has 2 aromatic rings. The second-order valence-electron chi connectivity index (χ2n) is 7.09. The quantitative estimate of drug-likeness (QED) is 0.736. The van der Waals surface area contributed by atoms with Crippen LogP contribution in [0.1, 0.15) is 48.7 Å². The summed E-state index contributed by atoms with van der Waals surface area (Å²) in [5, 5.41) is 3.30. The number of amides is 1. The average molecular weight is 383 g/mol. The SMILES string of the molecule is Cc1cc(/C=C2\SC(=Nc3ccc(F)cc3)NC2=O)c(C)n1C1CCCC1. The van der Waals surface area contributed by atoms with Gasteiger partial charge >= 0.3 is 0 Å². The summed E-state index contributed by atoms with van der Waals surface area (Å²) in [4.78, 5) is 17.4. The van der Waals surface area contributed by atoms with Crippen LogP contribution in [0, 0.1) is 19.7 Å². The Morgan fingerprint density at radius 2 is 1.93 bits per heavy atom. The van der Waals surface area contributed by atoms with Crippen LogP contribution in [0.15, 0.2) is 40.2 Å². The van der Waals surface area contributed by atoms with E-state index in [2.05, 4.69) is 34.8 Å². The first-order valence-electron chi connectivity index (χ1n) is 9.25. The highest BCUT2D eigenvalue weighted by Crippen LogP contribution is 2.35. The Balaban J connectivity index is 1.58. The van der Waals surface area contributed by atoms with E-state index in [0.29, 0.717) is 21.8 Å². The van der Waals surface area contributed by atoms with Crippen molar-refractivity contribution in [3.8, 4) is 0 Å². The molecule has 1 aliphatic carbocycles. The van der Waals surface area contributed by atoms with Crippen molar-refractivity contribution in [3.05, 3.63) is 58.0 Å². The van der Waals surface area contributed by atoms with Gasteiger partial charge in [-0.3, -0.25) is 4.79 Å². The van der Waals surface area contributed by atoms with Crippen LogP contribution >= 0.6 is 11.8 Å². The van der Waals surface area contributed by atoms with Crippen LogP contribution in [0.4, 0.5) is 10.1 Å². The summed E-state index contributed by atoms with van der Waals surface area (Å²) in [6.07, 6.45) is 6.99. The van der Waals surface area contributed by atoms with Gasteiger partial charge in [0.1, 0.15) is 5.82 Å². The maximum absolute atomic E-state index is 13.0. The van der Waals surface area contributed by atoms with Crippen molar-refractivity contribution in [1.82, 2.24) is 9.88 Å². The molecule has 0 unspecified atom stereocenters. The summed E-state index contributed by atoms with van der Waals surface area (Å²) < 4.78 is 15.4. The Kier molecular flexibility index (Phi) is 4.91. The number of carbonyl (C=O) groups excluding carboxylic acids is 1. The van der Waals surface area contributed by atoms with Crippen LogP contribution in [0.5, 0.6) is 0 Å². The Labute approximate surface area is 162 Å². The fourth-order valence-corrected chi connectivity index (χ4v) is 4.76. The van der Waals surface area contributed by atoms with Gasteiger partial charge in [0.25, 0.3) is 5.91 Å². The van der Waals surface area contributed by atoms with E-state index in [9.17, 15) is 9.18 Å². The molecule has 1 aromatic heterocycles. The maximum Gasteiger partial charge on any atom is 0.264 e. The standard InChI is InChI=1S/C21H22FN3OS/c1-13-11-15(14(2)25(13)18-5-3-4-6-18)12-19-20(26)24-21(27-19)23-17-9-7-16(22)8-10-17/h7-12,18H,3-6H2,1-2H3,(H,23,24,26)/b19-12-. The topological polar surface area (TPSA) is 46.4 Å². The van der Waals surface area contributed by atoms with Gasteiger partial charge in [-0.2, -0.15) is 0 Å². The third-order valence-electron chi connectivity index (χ3n) is 5.21. The number of rotatable bonds is 3. The first kappa shape index (κ1) is 18.0. The van der Waals surface area contributed by atoms with Crippen molar-refractivity contribution in [3.63, 3.8) is 0 Å². The van der Waals surface area contributed by atoms with Crippen molar-refractivity contribution >= 4 is 34.6 Å². The molecular formula is C21H22FN3OS. The van der Waals surface area contributed by atoms with Gasteiger partial charge in [0.2, 0.25) is 0 Å². The normalized spacial score (nSPS) is 20.8. The number of aliphatic imine (C=N–C) groups is 1. The first-order valence-corrected chi connectivity index (χ1v) is 10.1. The van der Waals surface area contributed by atoms with Crippen LogP contribution in [0.3, 0.4) is 0 Å². The van der Waals surface area contributed by atoms with Gasteiger partial charge in [-0.25, -0.2) is 9.38 Å². The van der Waals surface area contributed by atoms with Gasteiger partial charge in [0.05, 0.1) is 10.6 Å². The van der Waals surface area contributed by atoms with E-state index in [4.69, 9.17) is 0 Å². The summed E-state index contributed by atoms with van der Waals surface area (Å²) in [7, 11) is 0. The molecule has 1 N–H and O–H groups in total. The number of nitrogens with one attached hydrogen (secondary N) is 1. The molecule has 2 fully saturated rings. The van der Waals surface area contributed by atoms with E-state index in [-0.39, 0.29) is 11.7 Å². The second kappa shape index (κ2) is 7.35. The van der Waals surface area contributed by atoms with E-state index >= 15 is 0 Å². The van der Waals surface area contributed by atoms with E-state index < -0.39 is 0 Å². The van der Waals surface area contributed by atoms with Crippen molar-refractivity contribution in [1.29, 1.82) is 0 Å². The number of halogens is 1. The minimum atomic E-state index is -0.305. The van der Waals surface area contributed by atoms with Crippen molar-refractivity contribution < 1.29 is 9.18 Å². The summed E-state index contributed by atoms with van der Waals surface area (Å²) in [6, 6.07) is 8.63. The van der Waals surface area contributed by atoms with Crippen LogP contribution in [0.25, 0.3) is 6.08 Å². The summed E-state index contributed by atoms with van der Waals surface area (Å²) >= 11 is 1.32. The monoisotopic (exact) mass is 383 g/mol. The molecule has 2 aliphatic rings. The fraction of sp³-hybridized carbons (Fsp3) is 0.333. The number of aryl methyl sites for hydroxylation is 1.